The molecule has 1 aliphatic rings. The van der Waals surface area contributed by atoms with Crippen molar-refractivity contribution in [3.8, 4) is 11.3 Å². The summed E-state index contributed by atoms with van der Waals surface area (Å²) in [6, 6.07) is 14.1. The van der Waals surface area contributed by atoms with Crippen LogP contribution in [0.2, 0.25) is 0 Å². The number of fused-ring (bicyclic) bond motifs is 2. The molecule has 9 heteroatoms. The number of rotatable bonds is 7. The van der Waals surface area contributed by atoms with Crippen LogP contribution >= 0.6 is 11.8 Å². The molecule has 0 spiro atoms. The summed E-state index contributed by atoms with van der Waals surface area (Å²) in [5.74, 6) is 1.75. The minimum atomic E-state index is -3.26. The predicted molar refractivity (Wildman–Crippen MR) is 144 cm³/mol. The fourth-order valence-corrected chi connectivity index (χ4v) is 6.60. The number of hydrogen-bond donors (Lipinski definition) is 0. The van der Waals surface area contributed by atoms with Gasteiger partial charge < -0.3 is 14.0 Å². The zero-order valence-corrected chi connectivity index (χ0v) is 22.8. The summed E-state index contributed by atoms with van der Waals surface area (Å²) in [7, 11) is -3.26. The number of nitrogens with zero attached hydrogens (tertiary/aromatic N) is 4. The van der Waals surface area contributed by atoms with Crippen molar-refractivity contribution in [2.24, 2.45) is 0 Å². The topological polar surface area (TPSA) is 81.2 Å². The molecule has 0 saturated carbocycles. The first kappa shape index (κ1) is 25.0. The van der Waals surface area contributed by atoms with Crippen LogP contribution in [0.5, 0.6) is 0 Å². The highest BCUT2D eigenvalue weighted by molar-refractivity contribution is 7.99. The van der Waals surface area contributed by atoms with Crippen molar-refractivity contribution in [2.45, 2.75) is 49.7 Å². The van der Waals surface area contributed by atoms with Crippen LogP contribution in [0.3, 0.4) is 0 Å². The van der Waals surface area contributed by atoms with Crippen molar-refractivity contribution >= 4 is 32.6 Å². The minimum Gasteiger partial charge on any atom is -0.361 e. The van der Waals surface area contributed by atoms with Crippen molar-refractivity contribution in [1.29, 1.82) is 0 Å². The summed E-state index contributed by atoms with van der Waals surface area (Å²) in [4.78, 5) is 7.65. The lowest BCUT2D eigenvalue weighted by molar-refractivity contribution is 0.306. The normalized spacial score (nSPS) is 14.9. The molecule has 7 nitrogen and oxygen atoms in total. The van der Waals surface area contributed by atoms with E-state index >= 15 is 0 Å². The molecule has 190 valence electrons. The lowest BCUT2D eigenvalue weighted by atomic mass is 9.99. The van der Waals surface area contributed by atoms with E-state index in [4.69, 9.17) is 9.51 Å². The highest BCUT2D eigenvalue weighted by atomic mass is 32.2. The molecule has 2 aromatic heterocycles. The van der Waals surface area contributed by atoms with Crippen molar-refractivity contribution in [2.75, 3.05) is 31.6 Å². The van der Waals surface area contributed by atoms with Gasteiger partial charge in [0.05, 0.1) is 15.9 Å². The summed E-state index contributed by atoms with van der Waals surface area (Å²) in [6.45, 7) is 9.22. The van der Waals surface area contributed by atoms with E-state index in [1.165, 1.54) is 17.4 Å². The predicted octanol–water partition coefficient (Wildman–Crippen LogP) is 5.18. The molecule has 5 rings (SSSR count). The van der Waals surface area contributed by atoms with Gasteiger partial charge in [-0.2, -0.15) is 0 Å². The van der Waals surface area contributed by atoms with Crippen LogP contribution in [-0.2, 0) is 22.7 Å². The Balaban J connectivity index is 1.25. The van der Waals surface area contributed by atoms with Gasteiger partial charge in [0, 0.05) is 49.3 Å². The highest BCUT2D eigenvalue weighted by Crippen LogP contribution is 2.30. The van der Waals surface area contributed by atoms with Crippen LogP contribution in [-0.4, -0.2) is 59.7 Å². The summed E-state index contributed by atoms with van der Waals surface area (Å²) in [5, 5.41) is 5.11. The molecular weight excluding hydrogens is 492 g/mol. The minimum absolute atomic E-state index is 0.233. The van der Waals surface area contributed by atoms with Gasteiger partial charge in [-0.15, -0.1) is 0 Å². The first-order chi connectivity index (χ1) is 17.2. The third-order valence-electron chi connectivity index (χ3n) is 6.74. The summed E-state index contributed by atoms with van der Waals surface area (Å²) in [6.07, 6.45) is 3.29. The number of hydrogen-bond acceptors (Lipinski definition) is 7. The Kier molecular flexibility index (Phi) is 6.98. The van der Waals surface area contributed by atoms with Crippen molar-refractivity contribution in [3.63, 3.8) is 0 Å². The Morgan fingerprint density at radius 2 is 1.83 bits per heavy atom. The maximum atomic E-state index is 12.0. The first-order valence-electron chi connectivity index (χ1n) is 12.3. The van der Waals surface area contributed by atoms with Crippen LogP contribution in [0.1, 0.15) is 36.8 Å². The van der Waals surface area contributed by atoms with Crippen LogP contribution in [0, 0.1) is 6.92 Å². The van der Waals surface area contributed by atoms with Crippen molar-refractivity contribution in [3.05, 3.63) is 59.4 Å². The monoisotopic (exact) mass is 524 g/mol. The fraction of sp³-hybridized carbons (Fsp3) is 0.407. The number of aromatic nitrogens is 3. The fourth-order valence-electron chi connectivity index (χ4n) is 4.81. The molecule has 0 radical (unpaired) electrons. The van der Waals surface area contributed by atoms with Crippen molar-refractivity contribution < 1.29 is 12.9 Å². The second kappa shape index (κ2) is 10.0. The summed E-state index contributed by atoms with van der Waals surface area (Å²) in [5.41, 5.74) is 6.52. The van der Waals surface area contributed by atoms with E-state index in [1.54, 1.807) is 23.9 Å². The van der Waals surface area contributed by atoms with Crippen LogP contribution in [0.4, 0.5) is 0 Å². The maximum absolute atomic E-state index is 12.0. The molecule has 3 heterocycles. The Morgan fingerprint density at radius 1 is 1.06 bits per heavy atom. The van der Waals surface area contributed by atoms with E-state index in [0.717, 1.165) is 71.4 Å². The molecule has 0 aliphatic carbocycles. The van der Waals surface area contributed by atoms with Gasteiger partial charge in [0.15, 0.2) is 15.0 Å². The molecule has 0 saturated heterocycles. The van der Waals surface area contributed by atoms with Gasteiger partial charge in [0.2, 0.25) is 0 Å². The third-order valence-corrected chi connectivity index (χ3v) is 8.78. The third kappa shape index (κ3) is 5.23. The number of benzene rings is 2. The van der Waals surface area contributed by atoms with E-state index in [-0.39, 0.29) is 6.04 Å². The Labute approximate surface area is 216 Å². The smallest absolute Gasteiger partial charge is 0.175 e. The molecule has 4 aromatic rings. The van der Waals surface area contributed by atoms with Crippen LogP contribution in [0.15, 0.2) is 57.0 Å². The molecule has 0 unspecified atom stereocenters. The van der Waals surface area contributed by atoms with Gasteiger partial charge in [-0.1, -0.05) is 29.1 Å². The lowest BCUT2D eigenvalue weighted by Crippen LogP contribution is -2.28. The Bertz CT molecular complexity index is 1500. The van der Waals surface area contributed by atoms with Gasteiger partial charge in [-0.05, 0) is 69.0 Å². The molecule has 1 aliphatic heterocycles. The van der Waals surface area contributed by atoms with Crippen LogP contribution in [0.25, 0.3) is 22.3 Å². The molecule has 0 amide bonds. The molecule has 0 atom stereocenters. The number of sulfone groups is 1. The number of thioether (sulfide) groups is 1. The largest absolute Gasteiger partial charge is 0.361 e. The zero-order chi connectivity index (χ0) is 25.4. The summed E-state index contributed by atoms with van der Waals surface area (Å²) < 4.78 is 31.5. The van der Waals surface area contributed by atoms with Crippen LogP contribution < -0.4 is 0 Å². The Morgan fingerprint density at radius 3 is 2.53 bits per heavy atom. The quantitative estimate of drug-likeness (QED) is 0.308. The van der Waals surface area contributed by atoms with E-state index in [2.05, 4.69) is 46.7 Å². The van der Waals surface area contributed by atoms with Gasteiger partial charge in [0.1, 0.15) is 11.5 Å². The number of imidazole rings is 1. The first-order valence-corrected chi connectivity index (χ1v) is 15.2. The molecular formula is C27H32N4O3S2. The lowest BCUT2D eigenvalue weighted by Gasteiger charge is -2.19. The van der Waals surface area contributed by atoms with Gasteiger partial charge >= 0.3 is 0 Å². The van der Waals surface area contributed by atoms with Gasteiger partial charge in [-0.25, -0.2) is 13.4 Å². The van der Waals surface area contributed by atoms with Gasteiger partial charge in [-0.3, -0.25) is 0 Å². The average Bonchev–Trinajstić information content (AvgIpc) is 3.36. The SMILES string of the molecule is Cc1cc(-c2ccc3c(c2)CCN(CCSc2nc4cc(S(C)(=O)=O)ccc4n2C(C)C)CC3)no1. The van der Waals surface area contributed by atoms with Gasteiger partial charge in [0.25, 0.3) is 0 Å². The molecule has 0 bridgehead atoms. The molecule has 2 aromatic carbocycles. The number of aryl methyl sites for hydroxylation is 1. The highest BCUT2D eigenvalue weighted by Gasteiger charge is 2.19. The van der Waals surface area contributed by atoms with E-state index in [9.17, 15) is 8.42 Å². The van der Waals surface area contributed by atoms with E-state index in [1.807, 2.05) is 19.1 Å². The standard InChI is InChI=1S/C27H32N4O3S2/c1-18(2)31-26-8-7-23(36(4,32)33)17-25(26)28-27(31)35-14-13-30-11-9-20-5-6-22(16-21(20)10-12-30)24-15-19(3)34-29-24/h5-8,15-18H,9-14H2,1-4H3. The second-order valence-electron chi connectivity index (χ2n) is 9.78. The average molecular weight is 525 g/mol. The molecule has 36 heavy (non-hydrogen) atoms. The van der Waals surface area contributed by atoms with E-state index in [0.29, 0.717) is 4.90 Å². The molecule has 0 N–H and O–H groups in total. The van der Waals surface area contributed by atoms with E-state index < -0.39 is 9.84 Å². The van der Waals surface area contributed by atoms with Crippen molar-refractivity contribution in [1.82, 2.24) is 19.6 Å². The zero-order valence-electron chi connectivity index (χ0n) is 21.2. The molecule has 0 fully saturated rings. The summed E-state index contributed by atoms with van der Waals surface area (Å²) >= 11 is 1.74. The Hall–Kier alpha value is -2.62. The second-order valence-corrected chi connectivity index (χ2v) is 12.9. The maximum Gasteiger partial charge on any atom is 0.175 e.